The molecule has 2 N–H and O–H groups in total. The summed E-state index contributed by atoms with van der Waals surface area (Å²) in [5.41, 5.74) is 2.49. The van der Waals surface area contributed by atoms with Crippen molar-refractivity contribution in [3.8, 4) is 5.75 Å². The van der Waals surface area contributed by atoms with Crippen LogP contribution < -0.4 is 9.46 Å². The summed E-state index contributed by atoms with van der Waals surface area (Å²) in [6, 6.07) is 8.28. The van der Waals surface area contributed by atoms with Crippen LogP contribution in [-0.4, -0.2) is 31.7 Å². The van der Waals surface area contributed by atoms with Crippen LogP contribution in [-0.2, 0) is 10.0 Å². The fourth-order valence-electron chi connectivity index (χ4n) is 3.22. The van der Waals surface area contributed by atoms with Crippen LogP contribution in [0.4, 0.5) is 0 Å². The van der Waals surface area contributed by atoms with Crippen molar-refractivity contribution in [3.05, 3.63) is 53.3 Å². The zero-order chi connectivity index (χ0) is 18.9. The molecule has 0 radical (unpaired) electrons. The van der Waals surface area contributed by atoms with Gasteiger partial charge >= 0.3 is 0 Å². The summed E-state index contributed by atoms with van der Waals surface area (Å²) >= 11 is 0. The van der Waals surface area contributed by atoms with E-state index >= 15 is 0 Å². The lowest BCUT2D eigenvalue weighted by Gasteiger charge is -2.37. The quantitative estimate of drug-likeness (QED) is 0.809. The van der Waals surface area contributed by atoms with Crippen LogP contribution in [0.5, 0.6) is 5.75 Å². The van der Waals surface area contributed by atoms with Gasteiger partial charge in [0.15, 0.2) is 0 Å². The second-order valence-electron chi connectivity index (χ2n) is 6.83. The van der Waals surface area contributed by atoms with E-state index in [1.165, 1.54) is 7.11 Å². The topological polar surface area (TPSA) is 88.5 Å². The van der Waals surface area contributed by atoms with Gasteiger partial charge in [-0.15, -0.1) is 0 Å². The van der Waals surface area contributed by atoms with Crippen LogP contribution in [0.3, 0.4) is 0 Å². The number of aromatic nitrogens is 1. The molecular weight excluding hydrogens is 352 g/mol. The Balaban J connectivity index is 1.97. The van der Waals surface area contributed by atoms with Crippen molar-refractivity contribution in [2.45, 2.75) is 43.7 Å². The third kappa shape index (κ3) is 3.75. The maximum absolute atomic E-state index is 13.1. The van der Waals surface area contributed by atoms with E-state index < -0.39 is 16.1 Å². The smallest absolute Gasteiger partial charge is 0.244 e. The Bertz CT molecular complexity index is 878. The highest BCUT2D eigenvalue weighted by atomic mass is 32.2. The molecule has 7 heteroatoms. The van der Waals surface area contributed by atoms with E-state index in [9.17, 15) is 13.5 Å². The van der Waals surface area contributed by atoms with Gasteiger partial charge in [0.05, 0.1) is 24.9 Å². The van der Waals surface area contributed by atoms with Gasteiger partial charge in [-0.1, -0.05) is 6.07 Å². The maximum Gasteiger partial charge on any atom is 0.244 e. The van der Waals surface area contributed by atoms with Gasteiger partial charge in [0.25, 0.3) is 0 Å². The number of benzene rings is 1. The van der Waals surface area contributed by atoms with E-state index in [1.807, 2.05) is 19.9 Å². The number of hydrogen-bond acceptors (Lipinski definition) is 5. The molecule has 1 atom stereocenters. The van der Waals surface area contributed by atoms with Gasteiger partial charge in [-0.05, 0) is 68.0 Å². The largest absolute Gasteiger partial charge is 0.495 e. The van der Waals surface area contributed by atoms with Crippen molar-refractivity contribution in [3.63, 3.8) is 0 Å². The third-order valence-corrected chi connectivity index (χ3v) is 6.44. The van der Waals surface area contributed by atoms with E-state index in [2.05, 4.69) is 9.71 Å². The molecule has 6 nitrogen and oxygen atoms in total. The highest BCUT2D eigenvalue weighted by Gasteiger charge is 2.38. The molecule has 1 aromatic heterocycles. The number of sulfonamides is 1. The van der Waals surface area contributed by atoms with Crippen LogP contribution in [0.2, 0.25) is 0 Å². The number of hydrogen-bond donors (Lipinski definition) is 2. The second-order valence-corrected chi connectivity index (χ2v) is 8.51. The maximum atomic E-state index is 13.1. The average Bonchev–Trinajstić information content (AvgIpc) is 2.60. The van der Waals surface area contributed by atoms with Crippen molar-refractivity contribution in [2.24, 2.45) is 5.92 Å². The number of nitrogens with zero attached hydrogens (tertiary/aromatic N) is 1. The highest BCUT2D eigenvalue weighted by molar-refractivity contribution is 7.89. The summed E-state index contributed by atoms with van der Waals surface area (Å²) in [6.45, 7) is 3.78. The summed E-state index contributed by atoms with van der Waals surface area (Å²) < 4.78 is 34.3. The second kappa shape index (κ2) is 7.34. The molecular formula is C19H24N2O4S. The Morgan fingerprint density at radius 2 is 1.92 bits per heavy atom. The number of nitrogens with one attached hydrogen (secondary N) is 1. The van der Waals surface area contributed by atoms with Gasteiger partial charge in [-0.3, -0.25) is 4.98 Å². The highest BCUT2D eigenvalue weighted by Crippen LogP contribution is 2.39. The lowest BCUT2D eigenvalue weighted by molar-refractivity contribution is 0.0273. The number of methoxy groups -OCH3 is 1. The van der Waals surface area contributed by atoms with Crippen LogP contribution in [0.1, 0.15) is 35.7 Å². The Morgan fingerprint density at radius 3 is 2.50 bits per heavy atom. The van der Waals surface area contributed by atoms with Gasteiger partial charge in [0.2, 0.25) is 10.0 Å². The van der Waals surface area contributed by atoms with E-state index in [4.69, 9.17) is 4.74 Å². The average molecular weight is 376 g/mol. The van der Waals surface area contributed by atoms with Gasteiger partial charge in [0, 0.05) is 6.20 Å². The molecule has 0 aliphatic heterocycles. The molecule has 1 aliphatic rings. The summed E-state index contributed by atoms with van der Waals surface area (Å²) in [5.74, 6) is 0.321. The van der Waals surface area contributed by atoms with Crippen LogP contribution in [0.15, 0.2) is 41.4 Å². The first-order valence-electron chi connectivity index (χ1n) is 8.58. The molecule has 0 amide bonds. The lowest BCUT2D eigenvalue weighted by Crippen LogP contribution is -2.41. The molecule has 1 aromatic carbocycles. The number of ether oxygens (including phenoxy) is 1. The lowest BCUT2D eigenvalue weighted by atomic mass is 9.76. The minimum Gasteiger partial charge on any atom is -0.495 e. The number of aliphatic hydroxyl groups is 1. The zero-order valence-electron chi connectivity index (χ0n) is 15.1. The Morgan fingerprint density at radius 1 is 1.23 bits per heavy atom. The zero-order valence-corrected chi connectivity index (χ0v) is 16.0. The fraction of sp³-hybridized carbons (Fsp3) is 0.421. The van der Waals surface area contributed by atoms with Crippen LogP contribution >= 0.6 is 0 Å². The summed E-state index contributed by atoms with van der Waals surface area (Å²) in [4.78, 5) is 4.43. The molecule has 1 fully saturated rings. The number of aliphatic hydroxyl groups excluding tert-OH is 1. The van der Waals surface area contributed by atoms with Crippen molar-refractivity contribution in [1.29, 1.82) is 0 Å². The Hall–Kier alpha value is -1.96. The molecule has 1 unspecified atom stereocenters. The van der Waals surface area contributed by atoms with E-state index in [0.29, 0.717) is 24.3 Å². The van der Waals surface area contributed by atoms with E-state index in [1.54, 1.807) is 30.5 Å². The van der Waals surface area contributed by atoms with Gasteiger partial charge in [-0.25, -0.2) is 13.1 Å². The number of aryl methyl sites for hydroxylation is 2. The predicted molar refractivity (Wildman–Crippen MR) is 98.5 cm³/mol. The normalized spacial score (nSPS) is 21.1. The first-order chi connectivity index (χ1) is 12.3. The van der Waals surface area contributed by atoms with Gasteiger partial charge < -0.3 is 9.84 Å². The summed E-state index contributed by atoms with van der Waals surface area (Å²) in [5, 5.41) is 9.66. The predicted octanol–water partition coefficient (Wildman–Crippen LogP) is 2.50. The molecule has 1 aliphatic carbocycles. The first kappa shape index (κ1) is 18.8. The molecule has 3 rings (SSSR count). The fourth-order valence-corrected chi connectivity index (χ4v) is 4.74. The van der Waals surface area contributed by atoms with Crippen molar-refractivity contribution >= 4 is 10.0 Å². The number of rotatable bonds is 6. The third-order valence-electron chi connectivity index (χ3n) is 4.98. The standard InChI is InChI=1S/C19H24N2O4S/c1-12-8-17(25-3)18(9-13(12)2)26(23,24)21-19(14-10-15(22)11-14)16-6-4-5-7-20-16/h4-9,14-15,19,21-22H,10-11H2,1-3H3. The number of pyridine rings is 1. The van der Waals surface area contributed by atoms with Gasteiger partial charge in [-0.2, -0.15) is 0 Å². The van der Waals surface area contributed by atoms with Gasteiger partial charge in [0.1, 0.15) is 10.6 Å². The SMILES string of the molecule is COc1cc(C)c(C)cc1S(=O)(=O)NC(c1ccccn1)C1CC(O)C1. The molecule has 1 saturated carbocycles. The van der Waals surface area contributed by atoms with E-state index in [0.717, 1.165) is 11.1 Å². The Labute approximate surface area is 154 Å². The van der Waals surface area contributed by atoms with Crippen molar-refractivity contribution < 1.29 is 18.3 Å². The molecule has 140 valence electrons. The monoisotopic (exact) mass is 376 g/mol. The van der Waals surface area contributed by atoms with E-state index in [-0.39, 0.29) is 16.9 Å². The minimum absolute atomic E-state index is 0.00668. The first-order valence-corrected chi connectivity index (χ1v) is 10.1. The van der Waals surface area contributed by atoms with Crippen LogP contribution in [0.25, 0.3) is 0 Å². The summed E-state index contributed by atoms with van der Waals surface area (Å²) in [7, 11) is -2.37. The van der Waals surface area contributed by atoms with Crippen molar-refractivity contribution in [2.75, 3.05) is 7.11 Å². The van der Waals surface area contributed by atoms with Crippen LogP contribution in [0, 0.1) is 19.8 Å². The molecule has 1 heterocycles. The van der Waals surface area contributed by atoms with Crippen molar-refractivity contribution in [1.82, 2.24) is 9.71 Å². The molecule has 0 bridgehead atoms. The molecule has 2 aromatic rings. The molecule has 0 spiro atoms. The minimum atomic E-state index is -3.82. The molecule has 26 heavy (non-hydrogen) atoms. The summed E-state index contributed by atoms with van der Waals surface area (Å²) in [6.07, 6.45) is 2.36. The Kier molecular flexibility index (Phi) is 5.32. The molecule has 0 saturated heterocycles.